The molecule has 0 saturated heterocycles. The number of rotatable bonds is 11. The van der Waals surface area contributed by atoms with Crippen molar-refractivity contribution < 1.29 is 0 Å². The van der Waals surface area contributed by atoms with Crippen LogP contribution in [0.2, 0.25) is 0 Å². The zero-order valence-electron chi connectivity index (χ0n) is 14.2. The molecule has 1 nitrogen and oxygen atoms in total. The maximum absolute atomic E-state index is 4.43. The van der Waals surface area contributed by atoms with Crippen LogP contribution < -0.4 is 0 Å². The summed E-state index contributed by atoms with van der Waals surface area (Å²) in [5.41, 5.74) is 4.18. The van der Waals surface area contributed by atoms with Gasteiger partial charge in [0.2, 0.25) is 0 Å². The number of hydrogen-bond acceptors (Lipinski definition) is 2. The molecule has 0 fully saturated rings. The second-order valence-corrected chi connectivity index (χ2v) is 6.80. The van der Waals surface area contributed by atoms with Gasteiger partial charge >= 0.3 is 0 Å². The largest absolute Gasteiger partial charge is 0.294 e. The summed E-state index contributed by atoms with van der Waals surface area (Å²) in [5, 5.41) is 0. The third-order valence-electron chi connectivity index (χ3n) is 3.16. The number of hydrogen-bond donors (Lipinski definition) is 0. The van der Waals surface area contributed by atoms with E-state index in [1.165, 1.54) is 54.0 Å². The van der Waals surface area contributed by atoms with Crippen LogP contribution in [0.3, 0.4) is 0 Å². The highest BCUT2D eigenvalue weighted by atomic mass is 32.2. The molecule has 0 aromatic heterocycles. The van der Waals surface area contributed by atoms with Crippen LogP contribution in [0.4, 0.5) is 0 Å². The molecule has 0 rings (SSSR count). The van der Waals surface area contributed by atoms with Crippen molar-refractivity contribution in [2.45, 2.75) is 66.7 Å². The van der Waals surface area contributed by atoms with Gasteiger partial charge in [-0.15, -0.1) is 0 Å². The molecule has 0 heterocycles. The first-order valence-corrected chi connectivity index (χ1v) is 9.08. The molecule has 0 saturated carbocycles. The second kappa shape index (κ2) is 13.5. The van der Waals surface area contributed by atoms with E-state index in [1.807, 2.05) is 0 Å². The molecule has 0 bridgehead atoms. The van der Waals surface area contributed by atoms with Crippen LogP contribution >= 0.6 is 11.8 Å². The van der Waals surface area contributed by atoms with Crippen molar-refractivity contribution in [1.82, 2.24) is 0 Å². The Hall–Kier alpha value is -0.500. The smallest absolute Gasteiger partial charge is 0.0425 e. The van der Waals surface area contributed by atoms with Gasteiger partial charge in [-0.25, -0.2) is 0 Å². The highest BCUT2D eigenvalue weighted by Crippen LogP contribution is 2.11. The lowest BCUT2D eigenvalue weighted by molar-refractivity contribution is 0.896. The maximum atomic E-state index is 4.43. The monoisotopic (exact) mass is 295 g/mol. The minimum Gasteiger partial charge on any atom is -0.294 e. The predicted octanol–water partition coefficient (Wildman–Crippen LogP) is 6.06. The van der Waals surface area contributed by atoms with E-state index in [4.69, 9.17) is 0 Å². The molecule has 0 atom stereocenters. The van der Waals surface area contributed by atoms with Crippen molar-refractivity contribution in [2.75, 3.05) is 18.1 Å². The van der Waals surface area contributed by atoms with Gasteiger partial charge in [0, 0.05) is 18.0 Å². The van der Waals surface area contributed by atoms with E-state index in [1.54, 1.807) is 0 Å². The highest BCUT2D eigenvalue weighted by Gasteiger charge is 1.92. The lowest BCUT2D eigenvalue weighted by atomic mass is 10.1. The number of allylic oxidation sites excluding steroid dienone is 2. The second-order valence-electron chi connectivity index (χ2n) is 5.65. The number of aliphatic imine (C=N–C) groups is 1. The van der Waals surface area contributed by atoms with Crippen LogP contribution in [0.15, 0.2) is 28.3 Å². The Morgan fingerprint density at radius 3 is 2.35 bits per heavy atom. The summed E-state index contributed by atoms with van der Waals surface area (Å²) in [6.45, 7) is 11.8. The Kier molecular flexibility index (Phi) is 13.1. The molecule has 0 aliphatic heterocycles. The molecule has 0 aliphatic carbocycles. The fourth-order valence-electron chi connectivity index (χ4n) is 1.74. The summed E-state index contributed by atoms with van der Waals surface area (Å²) in [7, 11) is 0. The van der Waals surface area contributed by atoms with Crippen molar-refractivity contribution in [1.29, 1.82) is 0 Å². The minimum absolute atomic E-state index is 0.938. The Morgan fingerprint density at radius 1 is 1.00 bits per heavy atom. The first kappa shape index (κ1) is 19.5. The van der Waals surface area contributed by atoms with Crippen molar-refractivity contribution in [3.05, 3.63) is 23.3 Å². The number of unbranched alkanes of at least 4 members (excludes halogenated alkanes) is 1. The molecule has 0 aliphatic rings. The topological polar surface area (TPSA) is 12.4 Å². The van der Waals surface area contributed by atoms with Crippen LogP contribution in [0, 0.1) is 0 Å². The summed E-state index contributed by atoms with van der Waals surface area (Å²) in [5.74, 6) is 2.48. The van der Waals surface area contributed by atoms with Gasteiger partial charge in [0.05, 0.1) is 0 Å². The van der Waals surface area contributed by atoms with E-state index < -0.39 is 0 Å². The Labute approximate surface area is 131 Å². The highest BCUT2D eigenvalue weighted by molar-refractivity contribution is 7.99. The molecule has 0 radical (unpaired) electrons. The molecule has 0 amide bonds. The summed E-state index contributed by atoms with van der Waals surface area (Å²) >= 11 is 2.05. The van der Waals surface area contributed by atoms with Crippen LogP contribution in [0.5, 0.6) is 0 Å². The summed E-state index contributed by atoms with van der Waals surface area (Å²) in [6.07, 6.45) is 10.9. The average Bonchev–Trinajstić information content (AvgIpc) is 2.38. The molecule has 0 unspecified atom stereocenters. The summed E-state index contributed by atoms with van der Waals surface area (Å²) < 4.78 is 0. The molecule has 0 spiro atoms. The van der Waals surface area contributed by atoms with Gasteiger partial charge < -0.3 is 0 Å². The Balaban J connectivity index is 3.74. The van der Waals surface area contributed by atoms with Gasteiger partial charge in [-0.05, 0) is 59.1 Å². The fourth-order valence-corrected chi connectivity index (χ4v) is 2.80. The first-order chi connectivity index (χ1) is 9.56. The normalized spacial score (nSPS) is 12.7. The van der Waals surface area contributed by atoms with Crippen LogP contribution in [-0.4, -0.2) is 23.8 Å². The van der Waals surface area contributed by atoms with Crippen molar-refractivity contribution >= 4 is 17.5 Å². The summed E-state index contributed by atoms with van der Waals surface area (Å²) in [6, 6.07) is 0. The van der Waals surface area contributed by atoms with Crippen LogP contribution in [-0.2, 0) is 0 Å². The average molecular weight is 296 g/mol. The SMILES string of the molecule is CCCCSCC=C(C)CCC=C(C)CCN=C(C)C. The van der Waals surface area contributed by atoms with E-state index in [0.29, 0.717) is 0 Å². The van der Waals surface area contributed by atoms with E-state index in [9.17, 15) is 0 Å². The number of nitrogens with zero attached hydrogens (tertiary/aromatic N) is 1. The van der Waals surface area contributed by atoms with Crippen LogP contribution in [0.1, 0.15) is 66.7 Å². The van der Waals surface area contributed by atoms with E-state index >= 15 is 0 Å². The maximum Gasteiger partial charge on any atom is 0.0425 e. The van der Waals surface area contributed by atoms with E-state index in [0.717, 1.165) is 13.0 Å². The lowest BCUT2D eigenvalue weighted by Crippen LogP contribution is -1.88. The first-order valence-electron chi connectivity index (χ1n) is 7.93. The van der Waals surface area contributed by atoms with Gasteiger partial charge in [-0.2, -0.15) is 11.8 Å². The molecule has 20 heavy (non-hydrogen) atoms. The van der Waals surface area contributed by atoms with Crippen molar-refractivity contribution in [2.24, 2.45) is 4.99 Å². The van der Waals surface area contributed by atoms with Gasteiger partial charge in [0.1, 0.15) is 0 Å². The van der Waals surface area contributed by atoms with Crippen molar-refractivity contribution in [3.63, 3.8) is 0 Å². The third kappa shape index (κ3) is 13.9. The van der Waals surface area contributed by atoms with E-state index in [2.05, 4.69) is 63.5 Å². The molecule has 0 aromatic rings. The van der Waals surface area contributed by atoms with Gasteiger partial charge in [0.25, 0.3) is 0 Å². The zero-order chi connectivity index (χ0) is 15.2. The molecule has 0 N–H and O–H groups in total. The van der Waals surface area contributed by atoms with Crippen molar-refractivity contribution in [3.8, 4) is 0 Å². The van der Waals surface area contributed by atoms with Gasteiger partial charge in [0.15, 0.2) is 0 Å². The van der Waals surface area contributed by atoms with Gasteiger partial charge in [-0.3, -0.25) is 4.99 Å². The lowest BCUT2D eigenvalue weighted by Gasteiger charge is -2.02. The predicted molar refractivity (Wildman–Crippen MR) is 97.2 cm³/mol. The quantitative estimate of drug-likeness (QED) is 0.256. The minimum atomic E-state index is 0.938. The van der Waals surface area contributed by atoms with E-state index in [-0.39, 0.29) is 0 Å². The number of thioether (sulfide) groups is 1. The standard InChI is InChI=1S/C18H33NS/c1-6-7-14-20-15-12-18(5)10-8-9-17(4)11-13-19-16(2)3/h9,12H,6-8,10-11,13-15H2,1-5H3. The molecule has 2 heteroatoms. The fraction of sp³-hybridized carbons (Fsp3) is 0.722. The molecule has 116 valence electrons. The van der Waals surface area contributed by atoms with Crippen LogP contribution in [0.25, 0.3) is 0 Å². The molecular formula is C18H33NS. The van der Waals surface area contributed by atoms with Gasteiger partial charge in [-0.1, -0.05) is 36.6 Å². The summed E-state index contributed by atoms with van der Waals surface area (Å²) in [4.78, 5) is 4.43. The Morgan fingerprint density at radius 2 is 1.70 bits per heavy atom. The Bertz CT molecular complexity index is 322. The third-order valence-corrected chi connectivity index (χ3v) is 4.14. The molecular weight excluding hydrogens is 262 g/mol. The molecule has 0 aromatic carbocycles. The zero-order valence-corrected chi connectivity index (χ0v) is 15.0.